The summed E-state index contributed by atoms with van der Waals surface area (Å²) in [5.74, 6) is -0.402. The van der Waals surface area contributed by atoms with Crippen molar-refractivity contribution in [1.82, 2.24) is 15.4 Å². The van der Waals surface area contributed by atoms with Crippen LogP contribution in [0.25, 0.3) is 10.9 Å². The molecule has 3 aromatic rings. The Morgan fingerprint density at radius 2 is 2.09 bits per heavy atom. The molecule has 0 fully saturated rings. The zero-order chi connectivity index (χ0) is 25.2. The molecule has 1 unspecified atom stereocenters. The largest absolute Gasteiger partial charge is 0.475 e. The second-order valence-corrected chi connectivity index (χ2v) is 8.18. The molecule has 0 radical (unpaired) electrons. The molecule has 4 rings (SSSR count). The first kappa shape index (κ1) is 24.5. The smallest absolute Gasteiger partial charge is 0.421 e. The van der Waals surface area contributed by atoms with Crippen LogP contribution in [0.4, 0.5) is 13.2 Å². The van der Waals surface area contributed by atoms with Gasteiger partial charge < -0.3 is 14.5 Å². The number of esters is 1. The average Bonchev–Trinajstić information content (AvgIpc) is 3.44. The molecule has 1 aromatic carbocycles. The minimum atomic E-state index is -4.65. The SMILES string of the molecule is CCOC(=O)CCc1c[nH]c2c(C3=NC(c4cnc(OC(C)C)c(C(F)(F)F)c4)ON3)cccc12. The van der Waals surface area contributed by atoms with Gasteiger partial charge in [-0.2, -0.15) is 13.2 Å². The summed E-state index contributed by atoms with van der Waals surface area (Å²) >= 11 is 0. The van der Waals surface area contributed by atoms with Gasteiger partial charge in [0, 0.05) is 35.3 Å². The van der Waals surface area contributed by atoms with Crippen LogP contribution in [-0.4, -0.2) is 34.5 Å². The van der Waals surface area contributed by atoms with Gasteiger partial charge in [0.1, 0.15) is 5.56 Å². The lowest BCUT2D eigenvalue weighted by Crippen LogP contribution is -2.19. The number of benzene rings is 1. The van der Waals surface area contributed by atoms with Gasteiger partial charge in [-0.05, 0) is 44.9 Å². The van der Waals surface area contributed by atoms with E-state index in [-0.39, 0.29) is 18.0 Å². The van der Waals surface area contributed by atoms with E-state index in [1.807, 2.05) is 24.4 Å². The molecule has 2 N–H and O–H groups in total. The quantitative estimate of drug-likeness (QED) is 0.439. The van der Waals surface area contributed by atoms with E-state index in [1.165, 1.54) is 6.20 Å². The Balaban J connectivity index is 1.61. The number of carbonyl (C=O) groups excluding carboxylic acids is 1. The zero-order valence-electron chi connectivity index (χ0n) is 19.4. The molecule has 0 saturated carbocycles. The van der Waals surface area contributed by atoms with Crippen molar-refractivity contribution in [1.29, 1.82) is 0 Å². The summed E-state index contributed by atoms with van der Waals surface area (Å²) in [6.45, 7) is 5.34. The van der Waals surface area contributed by atoms with Gasteiger partial charge in [-0.1, -0.05) is 12.1 Å². The number of nitrogens with zero attached hydrogens (tertiary/aromatic N) is 2. The van der Waals surface area contributed by atoms with Crippen LogP contribution in [0.15, 0.2) is 41.7 Å². The molecule has 11 heteroatoms. The molecule has 8 nitrogen and oxygen atoms in total. The molecule has 186 valence electrons. The van der Waals surface area contributed by atoms with Crippen molar-refractivity contribution in [3.8, 4) is 5.88 Å². The number of para-hydroxylation sites is 1. The highest BCUT2D eigenvalue weighted by Crippen LogP contribution is 2.38. The fraction of sp³-hybridized carbons (Fsp3) is 0.375. The second-order valence-electron chi connectivity index (χ2n) is 8.18. The number of aryl methyl sites for hydroxylation is 1. The summed E-state index contributed by atoms with van der Waals surface area (Å²) < 4.78 is 51.0. The molecular weight excluding hydrogens is 465 g/mol. The lowest BCUT2D eigenvalue weighted by Gasteiger charge is -2.16. The average molecular weight is 490 g/mol. The van der Waals surface area contributed by atoms with Crippen LogP contribution in [0, 0.1) is 0 Å². The molecule has 0 amide bonds. The molecular formula is C24H25F3N4O4. The Morgan fingerprint density at radius 3 is 2.80 bits per heavy atom. The number of nitrogens with one attached hydrogen (secondary N) is 2. The van der Waals surface area contributed by atoms with Crippen LogP contribution in [0.2, 0.25) is 0 Å². The van der Waals surface area contributed by atoms with Gasteiger partial charge in [-0.3, -0.25) is 4.79 Å². The van der Waals surface area contributed by atoms with Crippen LogP contribution in [0.1, 0.15) is 55.7 Å². The van der Waals surface area contributed by atoms with Gasteiger partial charge in [0.25, 0.3) is 0 Å². The van der Waals surface area contributed by atoms with Gasteiger partial charge in [0.2, 0.25) is 12.1 Å². The number of hydroxylamine groups is 1. The van der Waals surface area contributed by atoms with Crippen LogP contribution >= 0.6 is 0 Å². The highest BCUT2D eigenvalue weighted by atomic mass is 19.4. The second kappa shape index (κ2) is 9.95. The number of hydrogen-bond acceptors (Lipinski definition) is 7. The Morgan fingerprint density at radius 1 is 1.29 bits per heavy atom. The standard InChI is InChI=1S/C24H25F3N4O4/c1-4-33-19(32)9-8-14-11-28-20-16(14)6-5-7-17(20)21-30-22(35-31-21)15-10-18(24(25,26)27)23(29-12-15)34-13(2)3/h5-7,10-13,22,28H,4,8-9H2,1-3H3,(H,30,31). The van der Waals surface area contributed by atoms with E-state index in [1.54, 1.807) is 20.8 Å². The van der Waals surface area contributed by atoms with Gasteiger partial charge >= 0.3 is 12.1 Å². The van der Waals surface area contributed by atoms with Crippen molar-refractivity contribution in [2.45, 2.75) is 52.1 Å². The van der Waals surface area contributed by atoms with Crippen molar-refractivity contribution >= 4 is 22.7 Å². The number of rotatable bonds is 8. The van der Waals surface area contributed by atoms with E-state index >= 15 is 0 Å². The monoisotopic (exact) mass is 490 g/mol. The van der Waals surface area contributed by atoms with Crippen LogP contribution in [0.3, 0.4) is 0 Å². The molecule has 1 atom stereocenters. The Bertz CT molecular complexity index is 1250. The van der Waals surface area contributed by atoms with E-state index in [9.17, 15) is 18.0 Å². The number of hydrogen-bond donors (Lipinski definition) is 2. The van der Waals surface area contributed by atoms with Crippen LogP contribution in [0.5, 0.6) is 5.88 Å². The number of carbonyl (C=O) groups is 1. The number of halogens is 3. The van der Waals surface area contributed by atoms with E-state index < -0.39 is 30.0 Å². The Hall–Kier alpha value is -3.60. The lowest BCUT2D eigenvalue weighted by molar-refractivity contribution is -0.143. The maximum atomic E-state index is 13.6. The molecule has 0 aliphatic carbocycles. The molecule has 35 heavy (non-hydrogen) atoms. The topological polar surface area (TPSA) is 97.8 Å². The lowest BCUT2D eigenvalue weighted by atomic mass is 10.1. The van der Waals surface area contributed by atoms with Crippen molar-refractivity contribution < 1.29 is 32.3 Å². The fourth-order valence-electron chi connectivity index (χ4n) is 3.76. The molecule has 1 aliphatic rings. The third kappa shape index (κ3) is 5.40. The predicted octanol–water partition coefficient (Wildman–Crippen LogP) is 4.84. The summed E-state index contributed by atoms with van der Waals surface area (Å²) in [6, 6.07) is 6.49. The third-order valence-electron chi connectivity index (χ3n) is 5.28. The van der Waals surface area contributed by atoms with Crippen molar-refractivity contribution in [3.63, 3.8) is 0 Å². The zero-order valence-corrected chi connectivity index (χ0v) is 19.4. The molecule has 0 bridgehead atoms. The molecule has 0 spiro atoms. The maximum Gasteiger partial charge on any atom is 0.421 e. The van der Waals surface area contributed by atoms with Gasteiger partial charge in [0.05, 0.1) is 18.2 Å². The van der Waals surface area contributed by atoms with Crippen molar-refractivity contribution in [3.05, 3.63) is 58.9 Å². The number of aliphatic imine (C=N–C) groups is 1. The number of aromatic nitrogens is 2. The minimum absolute atomic E-state index is 0.129. The number of H-pyrrole nitrogens is 1. The summed E-state index contributed by atoms with van der Waals surface area (Å²) in [4.78, 5) is 28.7. The van der Waals surface area contributed by atoms with Crippen LogP contribution < -0.4 is 10.2 Å². The summed E-state index contributed by atoms with van der Waals surface area (Å²) in [6.07, 6.45) is -2.32. The normalized spacial score (nSPS) is 15.9. The summed E-state index contributed by atoms with van der Waals surface area (Å²) in [5, 5.41) is 0.899. The number of aromatic amines is 1. The van der Waals surface area contributed by atoms with Crippen LogP contribution in [-0.2, 0) is 27.0 Å². The van der Waals surface area contributed by atoms with E-state index in [0.717, 1.165) is 22.5 Å². The number of amidine groups is 1. The first-order valence-electron chi connectivity index (χ1n) is 11.2. The number of ether oxygens (including phenoxy) is 2. The highest BCUT2D eigenvalue weighted by molar-refractivity contribution is 6.09. The number of fused-ring (bicyclic) bond motifs is 1. The number of pyridine rings is 1. The first-order valence-corrected chi connectivity index (χ1v) is 11.2. The van der Waals surface area contributed by atoms with Gasteiger partial charge in [-0.25, -0.2) is 20.3 Å². The van der Waals surface area contributed by atoms with Gasteiger partial charge in [0.15, 0.2) is 5.84 Å². The predicted molar refractivity (Wildman–Crippen MR) is 122 cm³/mol. The number of alkyl halides is 3. The molecule has 1 aliphatic heterocycles. The molecule has 0 saturated heterocycles. The van der Waals surface area contributed by atoms with Crippen molar-refractivity contribution in [2.24, 2.45) is 4.99 Å². The molecule has 3 heterocycles. The third-order valence-corrected chi connectivity index (χ3v) is 5.28. The maximum absolute atomic E-state index is 13.6. The van der Waals surface area contributed by atoms with E-state index in [0.29, 0.717) is 24.4 Å². The first-order chi connectivity index (χ1) is 16.7. The summed E-state index contributed by atoms with van der Waals surface area (Å²) in [7, 11) is 0. The minimum Gasteiger partial charge on any atom is -0.475 e. The highest BCUT2D eigenvalue weighted by Gasteiger charge is 2.37. The fourth-order valence-corrected chi connectivity index (χ4v) is 3.76. The summed E-state index contributed by atoms with van der Waals surface area (Å²) in [5.41, 5.74) is 4.22. The Kier molecular flexibility index (Phi) is 6.97. The Labute approximate surface area is 199 Å². The van der Waals surface area contributed by atoms with Gasteiger partial charge in [-0.15, -0.1) is 0 Å². The molecule has 2 aromatic heterocycles. The van der Waals surface area contributed by atoms with Crippen molar-refractivity contribution in [2.75, 3.05) is 6.61 Å². The van der Waals surface area contributed by atoms with E-state index in [2.05, 4.69) is 20.4 Å². The van der Waals surface area contributed by atoms with E-state index in [4.69, 9.17) is 14.3 Å².